The number of H-pyrrole nitrogens is 1. The number of carbonyl (C=O) groups is 1. The summed E-state index contributed by atoms with van der Waals surface area (Å²) in [7, 11) is 0. The maximum Gasteiger partial charge on any atom is 0.352 e. The largest absolute Gasteiger partial charge is 0.477 e. The fourth-order valence-corrected chi connectivity index (χ4v) is 1.70. The van der Waals surface area contributed by atoms with Crippen molar-refractivity contribution in [1.82, 2.24) is 4.98 Å². The molecule has 1 aliphatic rings. The molecule has 1 aromatic heterocycles. The highest BCUT2D eigenvalue weighted by molar-refractivity contribution is 5.86. The number of halogens is 2. The van der Waals surface area contributed by atoms with E-state index in [9.17, 15) is 13.6 Å². The maximum atomic E-state index is 12.9. The van der Waals surface area contributed by atoms with Crippen molar-refractivity contribution in [2.45, 2.75) is 25.2 Å². The first-order valence-electron chi connectivity index (χ1n) is 4.30. The number of hydrogen-bond donors (Lipinski definition) is 2. The number of carboxylic acids is 1. The quantitative estimate of drug-likeness (QED) is 0.728. The Bertz CT molecular complexity index is 384. The van der Waals surface area contributed by atoms with Gasteiger partial charge in [-0.1, -0.05) is 0 Å². The summed E-state index contributed by atoms with van der Waals surface area (Å²) in [6.45, 7) is 0. The number of hydrogen-bond acceptors (Lipinski definition) is 1. The number of alkyl halides is 2. The molecule has 76 valence electrons. The molecular weight excluding hydrogens is 192 g/mol. The molecule has 0 saturated carbocycles. The summed E-state index contributed by atoms with van der Waals surface area (Å²) in [6, 6.07) is 1.44. The highest BCUT2D eigenvalue weighted by atomic mass is 19.3. The first-order chi connectivity index (χ1) is 6.48. The van der Waals surface area contributed by atoms with E-state index in [0.29, 0.717) is 11.3 Å². The van der Waals surface area contributed by atoms with Gasteiger partial charge in [-0.3, -0.25) is 0 Å². The third-order valence-electron chi connectivity index (χ3n) is 2.42. The van der Waals surface area contributed by atoms with Crippen LogP contribution in [-0.4, -0.2) is 22.0 Å². The molecule has 0 unspecified atom stereocenters. The van der Waals surface area contributed by atoms with Crippen molar-refractivity contribution in [2.75, 3.05) is 0 Å². The van der Waals surface area contributed by atoms with Crippen molar-refractivity contribution in [3.63, 3.8) is 0 Å². The zero-order valence-corrected chi connectivity index (χ0v) is 7.31. The van der Waals surface area contributed by atoms with Crippen molar-refractivity contribution >= 4 is 5.97 Å². The van der Waals surface area contributed by atoms with E-state index in [0.717, 1.165) is 0 Å². The lowest BCUT2D eigenvalue weighted by molar-refractivity contribution is -0.0130. The number of rotatable bonds is 1. The monoisotopic (exact) mass is 201 g/mol. The van der Waals surface area contributed by atoms with E-state index in [1.54, 1.807) is 0 Å². The van der Waals surface area contributed by atoms with Crippen molar-refractivity contribution in [1.29, 1.82) is 0 Å². The van der Waals surface area contributed by atoms with Crippen LogP contribution in [0.4, 0.5) is 8.78 Å². The Labute approximate surface area is 78.7 Å². The van der Waals surface area contributed by atoms with E-state index < -0.39 is 11.9 Å². The van der Waals surface area contributed by atoms with Gasteiger partial charge in [-0.05, 0) is 18.1 Å². The minimum atomic E-state index is -2.70. The van der Waals surface area contributed by atoms with Gasteiger partial charge in [0.05, 0.1) is 6.42 Å². The number of carboxylic acid groups (broad SMARTS) is 1. The highest BCUT2D eigenvalue weighted by Crippen LogP contribution is 2.32. The zero-order valence-electron chi connectivity index (χ0n) is 7.31. The van der Waals surface area contributed by atoms with Gasteiger partial charge in [0.25, 0.3) is 5.92 Å². The summed E-state index contributed by atoms with van der Waals surface area (Å²) in [5.41, 5.74) is 1.06. The minimum Gasteiger partial charge on any atom is -0.477 e. The van der Waals surface area contributed by atoms with Crippen molar-refractivity contribution in [2.24, 2.45) is 0 Å². The third-order valence-corrected chi connectivity index (χ3v) is 2.42. The molecule has 2 N–H and O–H groups in total. The summed E-state index contributed by atoms with van der Waals surface area (Å²) < 4.78 is 25.9. The lowest BCUT2D eigenvalue weighted by atomic mass is 9.95. The zero-order chi connectivity index (χ0) is 10.3. The Morgan fingerprint density at radius 2 is 2.29 bits per heavy atom. The number of fused-ring (bicyclic) bond motifs is 1. The number of aryl methyl sites for hydroxylation is 1. The SMILES string of the molecule is O=C(O)c1cc2c([nH]1)CC(F)(F)CC2. The molecule has 3 nitrogen and oxygen atoms in total. The van der Waals surface area contributed by atoms with Gasteiger partial charge < -0.3 is 10.1 Å². The van der Waals surface area contributed by atoms with E-state index >= 15 is 0 Å². The summed E-state index contributed by atoms with van der Waals surface area (Å²) in [4.78, 5) is 13.1. The van der Waals surface area contributed by atoms with E-state index in [-0.39, 0.29) is 25.0 Å². The maximum absolute atomic E-state index is 12.9. The summed E-state index contributed by atoms with van der Waals surface area (Å²) in [6.07, 6.45) is -0.335. The molecule has 0 atom stereocenters. The standard InChI is InChI=1S/C9H9F2NO2/c10-9(11)2-1-5-3-6(8(13)14)12-7(5)4-9/h3,12H,1-2,4H2,(H,13,14). The second kappa shape index (κ2) is 2.80. The molecule has 1 heterocycles. The second-order valence-corrected chi connectivity index (χ2v) is 3.52. The first-order valence-corrected chi connectivity index (χ1v) is 4.30. The molecule has 0 radical (unpaired) electrons. The molecular formula is C9H9F2NO2. The average Bonchev–Trinajstić information content (AvgIpc) is 2.45. The lowest BCUT2D eigenvalue weighted by Crippen LogP contribution is -2.25. The van der Waals surface area contributed by atoms with Gasteiger partial charge in [-0.25, -0.2) is 13.6 Å². The van der Waals surface area contributed by atoms with Gasteiger partial charge in [0, 0.05) is 12.1 Å². The first kappa shape index (κ1) is 9.18. The van der Waals surface area contributed by atoms with E-state index in [1.807, 2.05) is 0 Å². The van der Waals surface area contributed by atoms with Crippen molar-refractivity contribution in [3.05, 3.63) is 23.0 Å². The Kier molecular flexibility index (Phi) is 1.83. The molecule has 14 heavy (non-hydrogen) atoms. The summed E-state index contributed by atoms with van der Waals surface area (Å²) >= 11 is 0. The summed E-state index contributed by atoms with van der Waals surface area (Å²) in [5.74, 6) is -3.81. The molecule has 0 saturated heterocycles. The van der Waals surface area contributed by atoms with Gasteiger partial charge >= 0.3 is 5.97 Å². The normalized spacial score (nSPS) is 19.0. The molecule has 0 amide bonds. The smallest absolute Gasteiger partial charge is 0.352 e. The minimum absolute atomic E-state index is 0.00676. The summed E-state index contributed by atoms with van der Waals surface area (Å²) in [5, 5.41) is 8.65. The van der Waals surface area contributed by atoms with Crippen LogP contribution in [-0.2, 0) is 12.8 Å². The molecule has 1 aliphatic carbocycles. The Hall–Kier alpha value is -1.39. The van der Waals surface area contributed by atoms with Gasteiger partial charge in [0.15, 0.2) is 0 Å². The molecule has 0 aliphatic heterocycles. The topological polar surface area (TPSA) is 53.1 Å². The Morgan fingerprint density at radius 3 is 2.93 bits per heavy atom. The predicted octanol–water partition coefficient (Wildman–Crippen LogP) is 1.84. The van der Waals surface area contributed by atoms with Crippen LogP contribution in [0.3, 0.4) is 0 Å². The Balaban J connectivity index is 2.34. The number of nitrogens with one attached hydrogen (secondary N) is 1. The second-order valence-electron chi connectivity index (χ2n) is 3.52. The van der Waals surface area contributed by atoms with Crippen LogP contribution < -0.4 is 0 Å². The van der Waals surface area contributed by atoms with E-state index in [4.69, 9.17) is 5.11 Å². The highest BCUT2D eigenvalue weighted by Gasteiger charge is 2.35. The predicted molar refractivity (Wildman–Crippen MR) is 44.7 cm³/mol. The molecule has 1 aromatic rings. The van der Waals surface area contributed by atoms with Crippen LogP contribution in [0.15, 0.2) is 6.07 Å². The fraction of sp³-hybridized carbons (Fsp3) is 0.444. The van der Waals surface area contributed by atoms with Crippen molar-refractivity contribution < 1.29 is 18.7 Å². The van der Waals surface area contributed by atoms with Crippen LogP contribution in [0.1, 0.15) is 28.2 Å². The third kappa shape index (κ3) is 1.49. The molecule has 5 heteroatoms. The van der Waals surface area contributed by atoms with Gasteiger partial charge in [0.2, 0.25) is 0 Å². The number of aromatic carboxylic acids is 1. The van der Waals surface area contributed by atoms with Gasteiger partial charge in [-0.2, -0.15) is 0 Å². The van der Waals surface area contributed by atoms with Crippen molar-refractivity contribution in [3.8, 4) is 0 Å². The van der Waals surface area contributed by atoms with Gasteiger partial charge in [0.1, 0.15) is 5.69 Å². The molecule has 0 spiro atoms. The molecule has 0 bridgehead atoms. The van der Waals surface area contributed by atoms with Crippen LogP contribution in [0.5, 0.6) is 0 Å². The average molecular weight is 201 g/mol. The fourth-order valence-electron chi connectivity index (χ4n) is 1.70. The van der Waals surface area contributed by atoms with Crippen LogP contribution >= 0.6 is 0 Å². The lowest BCUT2D eigenvalue weighted by Gasteiger charge is -2.21. The van der Waals surface area contributed by atoms with Crippen LogP contribution in [0, 0.1) is 0 Å². The van der Waals surface area contributed by atoms with E-state index in [1.165, 1.54) is 6.07 Å². The molecule has 2 rings (SSSR count). The van der Waals surface area contributed by atoms with Crippen LogP contribution in [0.2, 0.25) is 0 Å². The molecule has 0 fully saturated rings. The van der Waals surface area contributed by atoms with Crippen LogP contribution in [0.25, 0.3) is 0 Å². The number of aromatic nitrogens is 1. The van der Waals surface area contributed by atoms with Gasteiger partial charge in [-0.15, -0.1) is 0 Å². The Morgan fingerprint density at radius 1 is 1.57 bits per heavy atom. The van der Waals surface area contributed by atoms with E-state index in [2.05, 4.69) is 4.98 Å². The number of aromatic amines is 1. The molecule has 0 aromatic carbocycles.